The van der Waals surface area contributed by atoms with E-state index >= 15 is 0 Å². The van der Waals surface area contributed by atoms with Crippen LogP contribution in [0.2, 0.25) is 0 Å². The summed E-state index contributed by atoms with van der Waals surface area (Å²) in [5.41, 5.74) is 4.30. The highest BCUT2D eigenvalue weighted by molar-refractivity contribution is 5.99. The third-order valence-corrected chi connectivity index (χ3v) is 4.73. The van der Waals surface area contributed by atoms with E-state index in [9.17, 15) is 0 Å². The number of nitrogens with one attached hydrogen (secondary N) is 2. The van der Waals surface area contributed by atoms with Crippen molar-refractivity contribution in [2.45, 2.75) is 33.7 Å². The molecule has 0 aromatic carbocycles. The molecule has 1 aliphatic heterocycles. The first kappa shape index (κ1) is 19.9. The average molecular weight is 384 g/mol. The second-order valence-electron chi connectivity index (χ2n) is 7.22. The van der Waals surface area contributed by atoms with Crippen molar-refractivity contribution in [3.63, 3.8) is 0 Å². The van der Waals surface area contributed by atoms with Gasteiger partial charge in [0.25, 0.3) is 0 Å². The first-order chi connectivity index (χ1) is 13.3. The van der Waals surface area contributed by atoms with Crippen LogP contribution in [0.3, 0.4) is 0 Å². The predicted molar refractivity (Wildman–Crippen MR) is 112 cm³/mol. The molecule has 0 saturated carbocycles. The summed E-state index contributed by atoms with van der Waals surface area (Å²) >= 11 is 0. The van der Waals surface area contributed by atoms with Gasteiger partial charge < -0.3 is 15.0 Å². The number of ether oxygens (including phenoxy) is 1. The Labute approximate surface area is 166 Å². The Balaban J connectivity index is 1.92. The van der Waals surface area contributed by atoms with E-state index in [0.29, 0.717) is 24.9 Å². The third kappa shape index (κ3) is 4.51. The average Bonchev–Trinajstić information content (AvgIpc) is 3.19. The highest BCUT2D eigenvalue weighted by Crippen LogP contribution is 2.20. The van der Waals surface area contributed by atoms with Crippen LogP contribution in [-0.2, 0) is 11.8 Å². The molecule has 3 heterocycles. The van der Waals surface area contributed by atoms with Crippen LogP contribution in [0, 0.1) is 13.8 Å². The van der Waals surface area contributed by atoms with Crippen molar-refractivity contribution < 1.29 is 4.74 Å². The van der Waals surface area contributed by atoms with Gasteiger partial charge in [0.05, 0.1) is 31.1 Å². The summed E-state index contributed by atoms with van der Waals surface area (Å²) < 4.78 is 7.49. The molecule has 2 aromatic heterocycles. The molecule has 3 rings (SSSR count). The summed E-state index contributed by atoms with van der Waals surface area (Å²) in [6, 6.07) is 2.14. The minimum atomic E-state index is 0.226. The fraction of sp³-hybridized carbons (Fsp3) is 0.450. The standard InChI is InChI=1S/C20H29N7O/c1-13(20-14(2)11-21-26(20)6)9-19(27-7-8-28-12-16(27)4)23-17(5)22-18-10-15(3)24-25-18/h9-11,16H,5,7-8,12H2,1-4,6H3,(H2,22,24,25)/b13-9+,23-19?/t16-/m1/s1. The van der Waals surface area contributed by atoms with Gasteiger partial charge in [-0.2, -0.15) is 10.2 Å². The maximum absolute atomic E-state index is 5.60. The zero-order valence-corrected chi connectivity index (χ0v) is 17.3. The van der Waals surface area contributed by atoms with E-state index in [1.807, 2.05) is 30.9 Å². The molecule has 2 aromatic rings. The van der Waals surface area contributed by atoms with Crippen LogP contribution in [0.25, 0.3) is 5.57 Å². The number of morpholine rings is 1. The molecule has 1 atom stereocenters. The van der Waals surface area contributed by atoms with Gasteiger partial charge in [0.15, 0.2) is 5.82 Å². The Bertz CT molecular complexity index is 886. The number of hydrogen-bond donors (Lipinski definition) is 2. The SMILES string of the molecule is C=C(N=C(/C=C(\C)c1c(C)cnn1C)N1CCOC[C@H]1C)Nc1cc(C)[nH]n1. The van der Waals surface area contributed by atoms with Crippen LogP contribution in [-0.4, -0.2) is 56.5 Å². The van der Waals surface area contributed by atoms with Crippen molar-refractivity contribution in [1.29, 1.82) is 0 Å². The van der Waals surface area contributed by atoms with E-state index in [4.69, 9.17) is 9.73 Å². The molecule has 150 valence electrons. The highest BCUT2D eigenvalue weighted by atomic mass is 16.5. The summed E-state index contributed by atoms with van der Waals surface area (Å²) in [7, 11) is 1.95. The maximum atomic E-state index is 5.60. The van der Waals surface area contributed by atoms with E-state index in [1.54, 1.807) is 0 Å². The number of hydrogen-bond acceptors (Lipinski definition) is 5. The molecule has 8 nitrogen and oxygen atoms in total. The number of aryl methyl sites for hydroxylation is 3. The van der Waals surface area contributed by atoms with Gasteiger partial charge >= 0.3 is 0 Å². The highest BCUT2D eigenvalue weighted by Gasteiger charge is 2.22. The maximum Gasteiger partial charge on any atom is 0.153 e. The summed E-state index contributed by atoms with van der Waals surface area (Å²) in [4.78, 5) is 7.04. The molecule has 2 N–H and O–H groups in total. The van der Waals surface area contributed by atoms with E-state index in [2.05, 4.69) is 58.9 Å². The van der Waals surface area contributed by atoms with Crippen molar-refractivity contribution >= 4 is 17.2 Å². The van der Waals surface area contributed by atoms with Crippen LogP contribution in [0.5, 0.6) is 0 Å². The van der Waals surface area contributed by atoms with Crippen LogP contribution in [0.15, 0.2) is 35.7 Å². The van der Waals surface area contributed by atoms with Gasteiger partial charge in [0.2, 0.25) is 0 Å². The number of anilines is 1. The molecule has 0 spiro atoms. The number of aromatic amines is 1. The Hall–Kier alpha value is -2.87. The zero-order valence-electron chi connectivity index (χ0n) is 17.3. The molecule has 0 radical (unpaired) electrons. The minimum absolute atomic E-state index is 0.226. The molecule has 1 aliphatic rings. The van der Waals surface area contributed by atoms with Gasteiger partial charge in [-0.15, -0.1) is 0 Å². The molecule has 28 heavy (non-hydrogen) atoms. The Kier molecular flexibility index (Phi) is 5.99. The number of aromatic nitrogens is 4. The van der Waals surface area contributed by atoms with Crippen LogP contribution in [0.1, 0.15) is 30.8 Å². The summed E-state index contributed by atoms with van der Waals surface area (Å²) in [5, 5.41) is 14.6. The number of aliphatic imine (C=N–C) groups is 1. The Morgan fingerprint density at radius 1 is 1.46 bits per heavy atom. The topological polar surface area (TPSA) is 83.4 Å². The molecule has 1 saturated heterocycles. The molecular weight excluding hydrogens is 354 g/mol. The lowest BCUT2D eigenvalue weighted by molar-refractivity contribution is 0.0336. The third-order valence-electron chi connectivity index (χ3n) is 4.73. The number of nitrogens with zero attached hydrogens (tertiary/aromatic N) is 5. The molecule has 1 fully saturated rings. The number of rotatable bonds is 5. The fourth-order valence-electron chi connectivity index (χ4n) is 3.42. The Morgan fingerprint density at radius 2 is 2.25 bits per heavy atom. The lowest BCUT2D eigenvalue weighted by atomic mass is 10.1. The van der Waals surface area contributed by atoms with Crippen LogP contribution in [0.4, 0.5) is 5.82 Å². The van der Waals surface area contributed by atoms with Crippen molar-refractivity contribution in [2.24, 2.45) is 12.0 Å². The van der Waals surface area contributed by atoms with Gasteiger partial charge in [-0.3, -0.25) is 9.78 Å². The van der Waals surface area contributed by atoms with Crippen LogP contribution >= 0.6 is 0 Å². The number of amidine groups is 1. The summed E-state index contributed by atoms with van der Waals surface area (Å²) in [6.07, 6.45) is 3.97. The molecule has 0 unspecified atom stereocenters. The second kappa shape index (κ2) is 8.43. The summed E-state index contributed by atoms with van der Waals surface area (Å²) in [5.74, 6) is 2.08. The lowest BCUT2D eigenvalue weighted by Gasteiger charge is -2.35. The normalized spacial score (nSPS) is 18.5. The van der Waals surface area contributed by atoms with Gasteiger partial charge in [0, 0.05) is 25.4 Å². The van der Waals surface area contributed by atoms with Crippen LogP contribution < -0.4 is 5.32 Å². The summed E-state index contributed by atoms with van der Waals surface area (Å²) in [6.45, 7) is 14.4. The predicted octanol–water partition coefficient (Wildman–Crippen LogP) is 2.87. The lowest BCUT2D eigenvalue weighted by Crippen LogP contribution is -2.46. The van der Waals surface area contributed by atoms with Crippen molar-refractivity contribution in [2.75, 3.05) is 25.1 Å². The Morgan fingerprint density at radius 3 is 2.86 bits per heavy atom. The van der Waals surface area contributed by atoms with Gasteiger partial charge in [-0.25, -0.2) is 4.99 Å². The zero-order chi connectivity index (χ0) is 20.3. The molecule has 0 aliphatic carbocycles. The van der Waals surface area contributed by atoms with Gasteiger partial charge in [-0.05, 0) is 44.9 Å². The van der Waals surface area contributed by atoms with E-state index in [-0.39, 0.29) is 6.04 Å². The smallest absolute Gasteiger partial charge is 0.153 e. The van der Waals surface area contributed by atoms with Crippen molar-refractivity contribution in [3.8, 4) is 0 Å². The molecular formula is C20H29N7O. The number of H-pyrrole nitrogens is 1. The largest absolute Gasteiger partial charge is 0.377 e. The minimum Gasteiger partial charge on any atom is -0.377 e. The second-order valence-corrected chi connectivity index (χ2v) is 7.22. The monoisotopic (exact) mass is 383 g/mol. The van der Waals surface area contributed by atoms with Crippen molar-refractivity contribution in [3.05, 3.63) is 47.7 Å². The first-order valence-electron chi connectivity index (χ1n) is 9.43. The molecule has 0 bridgehead atoms. The number of allylic oxidation sites excluding steroid dienone is 1. The fourth-order valence-corrected chi connectivity index (χ4v) is 3.42. The molecule has 0 amide bonds. The quantitative estimate of drug-likeness (QED) is 0.613. The van der Waals surface area contributed by atoms with E-state index in [0.717, 1.165) is 34.9 Å². The van der Waals surface area contributed by atoms with E-state index in [1.165, 1.54) is 0 Å². The molecule has 8 heteroatoms. The van der Waals surface area contributed by atoms with Gasteiger partial charge in [-0.1, -0.05) is 6.58 Å². The van der Waals surface area contributed by atoms with Gasteiger partial charge in [0.1, 0.15) is 11.7 Å². The van der Waals surface area contributed by atoms with Crippen molar-refractivity contribution in [1.82, 2.24) is 24.9 Å². The van der Waals surface area contributed by atoms with E-state index < -0.39 is 0 Å². The first-order valence-corrected chi connectivity index (χ1v) is 9.43.